The second kappa shape index (κ2) is 6.04. The molecule has 0 unspecified atom stereocenters. The van der Waals surface area contributed by atoms with E-state index in [1.165, 1.54) is 19.1 Å². The minimum absolute atomic E-state index is 0.142. The summed E-state index contributed by atoms with van der Waals surface area (Å²) in [4.78, 5) is 23.4. The minimum atomic E-state index is -0.706. The van der Waals surface area contributed by atoms with Gasteiger partial charge in [-0.3, -0.25) is 4.79 Å². The number of para-hydroxylation sites is 1. The number of rotatable bonds is 3. The van der Waals surface area contributed by atoms with Crippen LogP contribution in [-0.4, -0.2) is 54.7 Å². The van der Waals surface area contributed by atoms with Gasteiger partial charge in [0.05, 0.1) is 13.2 Å². The third-order valence-electron chi connectivity index (χ3n) is 3.60. The van der Waals surface area contributed by atoms with Gasteiger partial charge in [-0.15, -0.1) is 0 Å². The van der Waals surface area contributed by atoms with Crippen molar-refractivity contribution in [2.45, 2.75) is 31.3 Å². The molecule has 22 heavy (non-hydrogen) atoms. The van der Waals surface area contributed by atoms with Gasteiger partial charge in [0.15, 0.2) is 6.10 Å². The maximum Gasteiger partial charge on any atom is 0.342 e. The molecule has 1 aromatic carbocycles. The lowest BCUT2D eigenvalue weighted by atomic mass is 10.1. The van der Waals surface area contributed by atoms with Crippen molar-refractivity contribution < 1.29 is 33.6 Å². The van der Waals surface area contributed by atoms with Gasteiger partial charge in [-0.05, 0) is 12.1 Å². The predicted molar refractivity (Wildman–Crippen MR) is 72.4 cm³/mol. The zero-order chi connectivity index (χ0) is 15.7. The van der Waals surface area contributed by atoms with Crippen LogP contribution < -0.4 is 4.74 Å². The molecule has 0 radical (unpaired) electrons. The van der Waals surface area contributed by atoms with Crippen LogP contribution in [0.1, 0.15) is 17.3 Å². The van der Waals surface area contributed by atoms with Gasteiger partial charge >= 0.3 is 11.9 Å². The summed E-state index contributed by atoms with van der Waals surface area (Å²) in [7, 11) is 0. The molecule has 7 nitrogen and oxygen atoms in total. The highest BCUT2D eigenvalue weighted by Crippen LogP contribution is 2.30. The molecule has 0 saturated carbocycles. The number of fused-ring (bicyclic) bond motifs is 1. The molecule has 2 fully saturated rings. The Bertz CT molecular complexity index is 585. The first-order valence-electron chi connectivity index (χ1n) is 6.96. The average molecular weight is 308 g/mol. The SMILES string of the molecule is CC(=O)Oc1ccccc1C(=O)O[C@@H]1CO[C@H]2[C@@H]1OC[C@@H]2O. The molecule has 0 aliphatic carbocycles. The van der Waals surface area contributed by atoms with E-state index in [1.54, 1.807) is 12.1 Å². The summed E-state index contributed by atoms with van der Waals surface area (Å²) < 4.78 is 21.2. The molecule has 1 aromatic rings. The number of carbonyl (C=O) groups excluding carboxylic acids is 2. The Kier molecular flexibility index (Phi) is 4.10. The monoisotopic (exact) mass is 308 g/mol. The Labute approximate surface area is 126 Å². The Morgan fingerprint density at radius 3 is 2.68 bits per heavy atom. The third-order valence-corrected chi connectivity index (χ3v) is 3.60. The van der Waals surface area contributed by atoms with Crippen molar-refractivity contribution in [3.63, 3.8) is 0 Å². The van der Waals surface area contributed by atoms with Crippen LogP contribution in [0.2, 0.25) is 0 Å². The van der Waals surface area contributed by atoms with E-state index in [-0.39, 0.29) is 24.5 Å². The zero-order valence-corrected chi connectivity index (χ0v) is 11.9. The van der Waals surface area contributed by atoms with Gasteiger partial charge in [0.2, 0.25) is 0 Å². The molecular weight excluding hydrogens is 292 g/mol. The highest BCUT2D eigenvalue weighted by molar-refractivity contribution is 5.93. The molecule has 1 N–H and O–H groups in total. The Hall–Kier alpha value is -1.96. The Balaban J connectivity index is 1.71. The largest absolute Gasteiger partial charge is 0.453 e. The van der Waals surface area contributed by atoms with Gasteiger partial charge in [0.1, 0.15) is 29.6 Å². The summed E-state index contributed by atoms with van der Waals surface area (Å²) in [6.45, 7) is 1.58. The smallest absolute Gasteiger partial charge is 0.342 e. The van der Waals surface area contributed by atoms with E-state index in [2.05, 4.69) is 0 Å². The Morgan fingerprint density at radius 2 is 1.91 bits per heavy atom. The van der Waals surface area contributed by atoms with Crippen LogP contribution in [-0.2, 0) is 19.0 Å². The highest BCUT2D eigenvalue weighted by Gasteiger charge is 2.49. The van der Waals surface area contributed by atoms with Crippen LogP contribution >= 0.6 is 0 Å². The zero-order valence-electron chi connectivity index (χ0n) is 11.9. The fourth-order valence-electron chi connectivity index (χ4n) is 2.63. The van der Waals surface area contributed by atoms with Crippen LogP contribution in [0.15, 0.2) is 24.3 Å². The molecular formula is C15H16O7. The van der Waals surface area contributed by atoms with Crippen molar-refractivity contribution in [2.75, 3.05) is 13.2 Å². The number of aliphatic hydroxyl groups is 1. The molecule has 2 aliphatic rings. The van der Waals surface area contributed by atoms with Crippen molar-refractivity contribution in [3.05, 3.63) is 29.8 Å². The summed E-state index contributed by atoms with van der Waals surface area (Å²) in [5, 5.41) is 9.66. The van der Waals surface area contributed by atoms with Gasteiger partial charge in [-0.2, -0.15) is 0 Å². The minimum Gasteiger partial charge on any atom is -0.453 e. The maximum atomic E-state index is 12.3. The molecule has 2 saturated heterocycles. The van der Waals surface area contributed by atoms with Crippen LogP contribution in [0.3, 0.4) is 0 Å². The van der Waals surface area contributed by atoms with E-state index in [4.69, 9.17) is 18.9 Å². The lowest BCUT2D eigenvalue weighted by Gasteiger charge is -2.17. The fourth-order valence-corrected chi connectivity index (χ4v) is 2.63. The quantitative estimate of drug-likeness (QED) is 0.634. The summed E-state index contributed by atoms with van der Waals surface area (Å²) in [5.41, 5.74) is 0.152. The molecule has 3 rings (SSSR count). The van der Waals surface area contributed by atoms with Gasteiger partial charge in [-0.1, -0.05) is 12.1 Å². The van der Waals surface area contributed by atoms with Crippen molar-refractivity contribution in [1.82, 2.24) is 0 Å². The summed E-state index contributed by atoms with van der Waals surface area (Å²) >= 11 is 0. The summed E-state index contributed by atoms with van der Waals surface area (Å²) in [6, 6.07) is 6.33. The number of ether oxygens (including phenoxy) is 4. The van der Waals surface area contributed by atoms with Crippen molar-refractivity contribution in [2.24, 2.45) is 0 Å². The Morgan fingerprint density at radius 1 is 1.18 bits per heavy atom. The highest BCUT2D eigenvalue weighted by atomic mass is 16.6. The summed E-state index contributed by atoms with van der Waals surface area (Å²) in [6.07, 6.45) is -2.25. The van der Waals surface area contributed by atoms with E-state index < -0.39 is 36.4 Å². The van der Waals surface area contributed by atoms with Gasteiger partial charge in [0, 0.05) is 6.92 Å². The van der Waals surface area contributed by atoms with Crippen LogP contribution in [0, 0.1) is 0 Å². The van der Waals surface area contributed by atoms with Gasteiger partial charge in [-0.25, -0.2) is 4.79 Å². The predicted octanol–water partition coefficient (Wildman–Crippen LogP) is 0.296. The molecule has 4 atom stereocenters. The standard InChI is InChI=1S/C15H16O7/c1-8(16)21-11-5-3-2-4-9(11)15(18)22-12-7-20-13-10(17)6-19-14(12)13/h2-5,10,12-14,17H,6-7H2,1H3/t10-,12+,13+,14+/m0/s1. The van der Waals surface area contributed by atoms with E-state index in [9.17, 15) is 14.7 Å². The van der Waals surface area contributed by atoms with Crippen molar-refractivity contribution in [3.8, 4) is 5.75 Å². The molecule has 0 spiro atoms. The maximum absolute atomic E-state index is 12.3. The van der Waals surface area contributed by atoms with E-state index >= 15 is 0 Å². The van der Waals surface area contributed by atoms with E-state index in [0.717, 1.165) is 0 Å². The number of hydrogen-bond donors (Lipinski definition) is 1. The number of benzene rings is 1. The van der Waals surface area contributed by atoms with Gasteiger partial charge < -0.3 is 24.1 Å². The van der Waals surface area contributed by atoms with Crippen LogP contribution in [0.5, 0.6) is 5.75 Å². The topological polar surface area (TPSA) is 91.3 Å². The molecule has 7 heteroatoms. The first kappa shape index (κ1) is 15.0. The number of esters is 2. The molecule has 2 aliphatic heterocycles. The van der Waals surface area contributed by atoms with Crippen molar-refractivity contribution >= 4 is 11.9 Å². The average Bonchev–Trinajstić information content (AvgIpc) is 3.03. The van der Waals surface area contributed by atoms with E-state index in [1.807, 2.05) is 0 Å². The van der Waals surface area contributed by atoms with E-state index in [0.29, 0.717) is 0 Å². The molecule has 0 amide bonds. The third kappa shape index (κ3) is 2.83. The first-order valence-corrected chi connectivity index (χ1v) is 6.96. The lowest BCUT2D eigenvalue weighted by molar-refractivity contribution is -0.131. The van der Waals surface area contributed by atoms with Gasteiger partial charge in [0.25, 0.3) is 0 Å². The first-order chi connectivity index (χ1) is 10.6. The molecule has 118 valence electrons. The normalized spacial score (nSPS) is 29.9. The molecule has 0 bridgehead atoms. The second-order valence-corrected chi connectivity index (χ2v) is 5.20. The summed E-state index contributed by atoms with van der Waals surface area (Å²) in [5.74, 6) is -1.01. The molecule has 2 heterocycles. The number of carbonyl (C=O) groups is 2. The number of aliphatic hydroxyl groups excluding tert-OH is 1. The lowest BCUT2D eigenvalue weighted by Crippen LogP contribution is -2.34. The van der Waals surface area contributed by atoms with Crippen LogP contribution in [0.25, 0.3) is 0 Å². The van der Waals surface area contributed by atoms with Crippen molar-refractivity contribution in [1.29, 1.82) is 0 Å². The molecule has 0 aromatic heterocycles. The van der Waals surface area contributed by atoms with Crippen LogP contribution in [0.4, 0.5) is 0 Å². The number of hydrogen-bond acceptors (Lipinski definition) is 7. The second-order valence-electron chi connectivity index (χ2n) is 5.20. The fraction of sp³-hybridized carbons (Fsp3) is 0.467.